The van der Waals surface area contributed by atoms with Crippen molar-refractivity contribution in [2.24, 2.45) is 12.0 Å². The van der Waals surface area contributed by atoms with Crippen molar-refractivity contribution in [3.8, 4) is 22.6 Å². The first kappa shape index (κ1) is 20.5. The Morgan fingerprint density at radius 1 is 1.16 bits per heavy atom. The quantitative estimate of drug-likeness (QED) is 0.589. The molecule has 3 aromatic rings. The van der Waals surface area contributed by atoms with Crippen molar-refractivity contribution < 1.29 is 19.0 Å². The molecule has 160 valence electrons. The largest absolute Gasteiger partial charge is 0.496 e. The van der Waals surface area contributed by atoms with Crippen molar-refractivity contribution in [2.75, 3.05) is 27.4 Å². The Morgan fingerprint density at radius 2 is 2.03 bits per heavy atom. The summed E-state index contributed by atoms with van der Waals surface area (Å²) >= 11 is 0. The second-order valence-corrected chi connectivity index (χ2v) is 6.96. The van der Waals surface area contributed by atoms with E-state index >= 15 is 0 Å². The van der Waals surface area contributed by atoms with Gasteiger partial charge in [0.25, 0.3) is 5.91 Å². The predicted molar refractivity (Wildman–Crippen MR) is 115 cm³/mol. The second-order valence-electron chi connectivity index (χ2n) is 6.96. The van der Waals surface area contributed by atoms with Crippen LogP contribution in [0.4, 0.5) is 5.69 Å². The third-order valence-corrected chi connectivity index (χ3v) is 4.85. The predicted octanol–water partition coefficient (Wildman–Crippen LogP) is 2.53. The van der Waals surface area contributed by atoms with Gasteiger partial charge in [-0.3, -0.25) is 9.48 Å². The number of amides is 1. The number of aromatic nitrogens is 3. The smallest absolute Gasteiger partial charge is 0.275 e. The van der Waals surface area contributed by atoms with Crippen molar-refractivity contribution in [3.63, 3.8) is 0 Å². The molecular weight excluding hydrogens is 398 g/mol. The second kappa shape index (κ2) is 8.97. The summed E-state index contributed by atoms with van der Waals surface area (Å²) in [5.74, 6) is 1.50. The first-order valence-electron chi connectivity index (χ1n) is 9.74. The molecule has 1 aliphatic rings. The van der Waals surface area contributed by atoms with Gasteiger partial charge in [0, 0.05) is 43.5 Å². The summed E-state index contributed by atoms with van der Waals surface area (Å²) in [6.07, 6.45) is 5.68. The molecule has 0 radical (unpaired) electrons. The van der Waals surface area contributed by atoms with Crippen LogP contribution >= 0.6 is 0 Å². The summed E-state index contributed by atoms with van der Waals surface area (Å²) in [5.41, 5.74) is 3.86. The number of nitrogens with zero attached hydrogens (tertiary/aromatic N) is 4. The van der Waals surface area contributed by atoms with Crippen LogP contribution in [0, 0.1) is 0 Å². The molecule has 1 N–H and O–H groups in total. The van der Waals surface area contributed by atoms with Gasteiger partial charge in [-0.15, -0.1) is 0 Å². The molecule has 0 saturated heterocycles. The number of hydrogen-bond acceptors (Lipinski definition) is 7. The first-order chi connectivity index (χ1) is 15.1. The van der Waals surface area contributed by atoms with Gasteiger partial charge in [-0.25, -0.2) is 9.98 Å². The van der Waals surface area contributed by atoms with E-state index in [0.717, 1.165) is 28.1 Å². The van der Waals surface area contributed by atoms with Crippen molar-refractivity contribution >= 4 is 17.4 Å². The maximum atomic E-state index is 12.7. The molecular formula is C22H23N5O4. The van der Waals surface area contributed by atoms with Gasteiger partial charge in [0.2, 0.25) is 0 Å². The Balaban J connectivity index is 1.52. The molecule has 0 bridgehead atoms. The number of nitrogens with one attached hydrogen (secondary N) is 1. The average molecular weight is 421 g/mol. The topological polar surface area (TPSA) is 99.9 Å². The molecule has 0 saturated carbocycles. The highest BCUT2D eigenvalue weighted by molar-refractivity contribution is 6.09. The van der Waals surface area contributed by atoms with Crippen molar-refractivity contribution in [2.45, 2.75) is 6.42 Å². The minimum Gasteiger partial charge on any atom is -0.496 e. The zero-order valence-electron chi connectivity index (χ0n) is 17.6. The van der Waals surface area contributed by atoms with Crippen molar-refractivity contribution in [1.29, 1.82) is 0 Å². The number of carbonyl (C=O) groups excluding carboxylic acids is 1. The van der Waals surface area contributed by atoms with Gasteiger partial charge in [0.15, 0.2) is 0 Å². The number of amidine groups is 1. The maximum Gasteiger partial charge on any atom is 0.275 e. The monoisotopic (exact) mass is 421 g/mol. The van der Waals surface area contributed by atoms with Crippen LogP contribution in [0.1, 0.15) is 16.1 Å². The van der Waals surface area contributed by atoms with Gasteiger partial charge in [-0.05, 0) is 24.3 Å². The number of fused-ring (bicyclic) bond motifs is 1. The van der Waals surface area contributed by atoms with E-state index in [1.54, 1.807) is 37.2 Å². The number of methoxy groups -OCH3 is 2. The van der Waals surface area contributed by atoms with E-state index in [1.807, 2.05) is 25.4 Å². The number of benzene rings is 1. The zero-order chi connectivity index (χ0) is 21.8. The molecule has 1 aliphatic heterocycles. The Hall–Kier alpha value is -3.72. The summed E-state index contributed by atoms with van der Waals surface area (Å²) in [4.78, 5) is 21.5. The molecule has 0 atom stereocenters. The van der Waals surface area contributed by atoms with Crippen LogP contribution in [0.25, 0.3) is 11.1 Å². The highest BCUT2D eigenvalue weighted by Gasteiger charge is 2.24. The molecule has 0 unspecified atom stereocenters. The Labute approximate surface area is 179 Å². The Bertz CT molecular complexity index is 1120. The lowest BCUT2D eigenvalue weighted by Gasteiger charge is -2.09. The number of carbonyl (C=O) groups is 1. The fraction of sp³-hybridized carbons (Fsp3) is 0.273. The van der Waals surface area contributed by atoms with Gasteiger partial charge in [-0.1, -0.05) is 0 Å². The Morgan fingerprint density at radius 3 is 2.71 bits per heavy atom. The number of aryl methyl sites for hydroxylation is 1. The van der Waals surface area contributed by atoms with Crippen LogP contribution in [-0.2, 0) is 18.2 Å². The van der Waals surface area contributed by atoms with E-state index in [0.29, 0.717) is 31.2 Å². The number of hydrogen-bond donors (Lipinski definition) is 1. The van der Waals surface area contributed by atoms with E-state index in [2.05, 4.69) is 20.4 Å². The maximum absolute atomic E-state index is 12.7. The zero-order valence-corrected chi connectivity index (χ0v) is 17.6. The molecule has 3 heterocycles. The standard InChI is InChI=1S/C22H23N5O4/c1-27-13-14(11-24-27)16-5-7-19(30-3)17-10-20(25-21(16)17)26-22(28)18-6-4-15(12-23-18)31-9-8-29-2/h4-7,11-13H,8-10H2,1-3H3,(H,25,26,28). The third kappa shape index (κ3) is 4.41. The van der Waals surface area contributed by atoms with E-state index < -0.39 is 0 Å². The van der Waals surface area contributed by atoms with Crippen LogP contribution in [0.5, 0.6) is 11.5 Å². The van der Waals surface area contributed by atoms with E-state index in [-0.39, 0.29) is 11.6 Å². The fourth-order valence-electron chi connectivity index (χ4n) is 3.35. The van der Waals surface area contributed by atoms with Crippen LogP contribution < -0.4 is 14.8 Å². The molecule has 4 rings (SSSR count). The van der Waals surface area contributed by atoms with E-state index in [1.165, 1.54) is 6.20 Å². The molecule has 1 aromatic carbocycles. The molecule has 0 spiro atoms. The molecule has 31 heavy (non-hydrogen) atoms. The molecule has 1 amide bonds. The van der Waals surface area contributed by atoms with Gasteiger partial charge >= 0.3 is 0 Å². The van der Waals surface area contributed by atoms with E-state index in [9.17, 15) is 4.79 Å². The minimum absolute atomic E-state index is 0.275. The summed E-state index contributed by atoms with van der Waals surface area (Å²) in [5, 5.41) is 7.10. The van der Waals surface area contributed by atoms with E-state index in [4.69, 9.17) is 14.2 Å². The number of rotatable bonds is 7. The first-order valence-corrected chi connectivity index (χ1v) is 9.74. The van der Waals surface area contributed by atoms with Crippen LogP contribution in [0.3, 0.4) is 0 Å². The fourth-order valence-corrected chi connectivity index (χ4v) is 3.35. The lowest BCUT2D eigenvalue weighted by Crippen LogP contribution is -2.31. The third-order valence-electron chi connectivity index (χ3n) is 4.85. The normalized spacial score (nSPS) is 12.3. The molecule has 0 fully saturated rings. The van der Waals surface area contributed by atoms with Gasteiger partial charge in [0.1, 0.15) is 29.6 Å². The van der Waals surface area contributed by atoms with Crippen molar-refractivity contribution in [1.82, 2.24) is 20.1 Å². The average Bonchev–Trinajstić information content (AvgIpc) is 3.39. The van der Waals surface area contributed by atoms with Crippen LogP contribution in [-0.4, -0.2) is 53.9 Å². The van der Waals surface area contributed by atoms with Gasteiger partial charge < -0.3 is 19.5 Å². The molecule has 0 aliphatic carbocycles. The SMILES string of the molecule is COCCOc1ccc(C(=O)NC2=Nc3c(-c4cnn(C)c4)ccc(OC)c3C2)nc1. The highest BCUT2D eigenvalue weighted by Crippen LogP contribution is 2.41. The minimum atomic E-state index is -0.336. The molecule has 2 aromatic heterocycles. The highest BCUT2D eigenvalue weighted by atomic mass is 16.5. The lowest BCUT2D eigenvalue weighted by atomic mass is 10.0. The summed E-state index contributed by atoms with van der Waals surface area (Å²) in [6, 6.07) is 7.17. The summed E-state index contributed by atoms with van der Waals surface area (Å²) < 4.78 is 17.7. The van der Waals surface area contributed by atoms with Crippen molar-refractivity contribution in [3.05, 3.63) is 54.1 Å². The number of aliphatic imine (C=N–C) groups is 1. The van der Waals surface area contributed by atoms with Crippen LogP contribution in [0.2, 0.25) is 0 Å². The number of pyridine rings is 1. The Kier molecular flexibility index (Phi) is 5.94. The lowest BCUT2D eigenvalue weighted by molar-refractivity contribution is 0.0971. The van der Waals surface area contributed by atoms with Gasteiger partial charge in [0.05, 0.1) is 31.8 Å². The van der Waals surface area contributed by atoms with Crippen LogP contribution in [0.15, 0.2) is 47.8 Å². The molecule has 9 heteroatoms. The summed E-state index contributed by atoms with van der Waals surface area (Å²) in [7, 11) is 5.09. The number of ether oxygens (including phenoxy) is 3. The molecule has 9 nitrogen and oxygen atoms in total. The summed E-state index contributed by atoms with van der Waals surface area (Å²) in [6.45, 7) is 0.896. The van der Waals surface area contributed by atoms with Gasteiger partial charge in [-0.2, -0.15) is 5.10 Å².